The van der Waals surface area contributed by atoms with E-state index in [1.54, 1.807) is 19.1 Å². The van der Waals surface area contributed by atoms with Crippen LogP contribution in [0.4, 0.5) is 10.8 Å². The lowest BCUT2D eigenvalue weighted by Gasteiger charge is -2.18. The first-order valence-electron chi connectivity index (χ1n) is 9.94. The number of hydrogen-bond acceptors (Lipinski definition) is 9. The van der Waals surface area contributed by atoms with E-state index in [9.17, 15) is 13.2 Å². The Balaban J connectivity index is 1.33. The van der Waals surface area contributed by atoms with Gasteiger partial charge >= 0.3 is 0 Å². The number of aromatic nitrogens is 2. The SMILES string of the molecule is CCS(=O)(=O)N1CCc2cc(C(=O)CSc3nnc(NCC4CCCO4)s3)ccc21. The third-order valence-corrected chi connectivity index (χ3v) is 8.99. The van der Waals surface area contributed by atoms with Crippen LogP contribution in [0.2, 0.25) is 0 Å². The second-order valence-electron chi connectivity index (χ2n) is 7.17. The number of nitrogens with one attached hydrogen (secondary N) is 1. The van der Waals surface area contributed by atoms with E-state index >= 15 is 0 Å². The average Bonchev–Trinajstić information content (AvgIpc) is 3.50. The molecule has 1 N–H and O–H groups in total. The van der Waals surface area contributed by atoms with Gasteiger partial charge in [-0.05, 0) is 49.9 Å². The second kappa shape index (κ2) is 9.21. The number of ether oxygens (including phenoxy) is 1. The molecule has 1 atom stereocenters. The number of carbonyl (C=O) groups excluding carboxylic acids is 1. The molecule has 8 nitrogen and oxygen atoms in total. The molecular weight excluding hydrogens is 444 g/mol. The van der Waals surface area contributed by atoms with Crippen LogP contribution < -0.4 is 9.62 Å². The van der Waals surface area contributed by atoms with Crippen molar-refractivity contribution in [2.45, 2.75) is 36.6 Å². The van der Waals surface area contributed by atoms with Crippen LogP contribution in [0.1, 0.15) is 35.7 Å². The molecule has 0 aliphatic carbocycles. The maximum Gasteiger partial charge on any atom is 0.234 e. The van der Waals surface area contributed by atoms with Crippen molar-refractivity contribution in [3.63, 3.8) is 0 Å². The first kappa shape index (κ1) is 21.5. The summed E-state index contributed by atoms with van der Waals surface area (Å²) in [6.07, 6.45) is 3.01. The van der Waals surface area contributed by atoms with Gasteiger partial charge in [0.15, 0.2) is 10.1 Å². The third-order valence-electron chi connectivity index (χ3n) is 5.19. The molecule has 1 fully saturated rings. The lowest BCUT2D eigenvalue weighted by atomic mass is 10.1. The maximum absolute atomic E-state index is 12.6. The molecule has 2 aliphatic rings. The highest BCUT2D eigenvalue weighted by atomic mass is 32.2. The molecule has 2 aromatic rings. The van der Waals surface area contributed by atoms with Crippen molar-refractivity contribution >= 4 is 49.7 Å². The van der Waals surface area contributed by atoms with Gasteiger partial charge in [0.1, 0.15) is 0 Å². The van der Waals surface area contributed by atoms with E-state index in [0.717, 1.165) is 41.0 Å². The number of Topliss-reactive ketones (excluding diaryl/α,β-unsaturated/α-hetero) is 1. The Morgan fingerprint density at radius 1 is 1.40 bits per heavy atom. The molecule has 1 aromatic carbocycles. The fourth-order valence-electron chi connectivity index (χ4n) is 3.55. The van der Waals surface area contributed by atoms with Crippen LogP contribution in [0.15, 0.2) is 22.5 Å². The third kappa shape index (κ3) is 4.79. The van der Waals surface area contributed by atoms with Crippen LogP contribution in [0.5, 0.6) is 0 Å². The van der Waals surface area contributed by atoms with Gasteiger partial charge in [-0.15, -0.1) is 10.2 Å². The number of fused-ring (bicyclic) bond motifs is 1. The van der Waals surface area contributed by atoms with Gasteiger partial charge in [-0.2, -0.15) is 0 Å². The minimum absolute atomic E-state index is 0.0105. The fraction of sp³-hybridized carbons (Fsp3) is 0.526. The molecule has 1 aromatic heterocycles. The molecule has 1 unspecified atom stereocenters. The Morgan fingerprint density at radius 3 is 3.03 bits per heavy atom. The summed E-state index contributed by atoms with van der Waals surface area (Å²) >= 11 is 2.79. The van der Waals surface area contributed by atoms with Gasteiger partial charge in [0.2, 0.25) is 15.2 Å². The lowest BCUT2D eigenvalue weighted by Crippen LogP contribution is -2.30. The molecule has 30 heavy (non-hydrogen) atoms. The van der Waals surface area contributed by atoms with Crippen LogP contribution >= 0.6 is 23.1 Å². The highest BCUT2D eigenvalue weighted by Crippen LogP contribution is 2.32. The zero-order valence-corrected chi connectivity index (χ0v) is 19.1. The quantitative estimate of drug-likeness (QED) is 0.443. The zero-order chi connectivity index (χ0) is 21.1. The van der Waals surface area contributed by atoms with E-state index in [-0.39, 0.29) is 23.4 Å². The summed E-state index contributed by atoms with van der Waals surface area (Å²) in [4.78, 5) is 12.6. The highest BCUT2D eigenvalue weighted by molar-refractivity contribution is 8.01. The number of anilines is 2. The topological polar surface area (TPSA) is 101 Å². The Kier molecular flexibility index (Phi) is 6.61. The summed E-state index contributed by atoms with van der Waals surface area (Å²) in [6, 6.07) is 5.27. The molecule has 2 aliphatic heterocycles. The average molecular weight is 469 g/mol. The van der Waals surface area contributed by atoms with Crippen LogP contribution in [-0.4, -0.2) is 61.7 Å². The van der Waals surface area contributed by atoms with Crippen molar-refractivity contribution < 1.29 is 17.9 Å². The lowest BCUT2D eigenvalue weighted by molar-refractivity contribution is 0.102. The first-order valence-corrected chi connectivity index (χ1v) is 13.4. The Bertz CT molecular complexity index is 1020. The minimum atomic E-state index is -3.28. The van der Waals surface area contributed by atoms with Crippen LogP contribution in [0, 0.1) is 0 Å². The van der Waals surface area contributed by atoms with Crippen molar-refractivity contribution in [1.82, 2.24) is 10.2 Å². The molecule has 3 heterocycles. The standard InChI is InChI=1S/C19H24N4O4S3/c1-2-30(25,26)23-8-7-13-10-14(5-6-16(13)23)17(24)12-28-19-22-21-18(29-19)20-11-15-4-3-9-27-15/h5-6,10,15H,2-4,7-9,11-12H2,1H3,(H,20,21). The van der Waals surface area contributed by atoms with E-state index in [4.69, 9.17) is 4.74 Å². The largest absolute Gasteiger partial charge is 0.376 e. The van der Waals surface area contributed by atoms with E-state index in [1.807, 2.05) is 6.07 Å². The van der Waals surface area contributed by atoms with E-state index in [1.165, 1.54) is 27.4 Å². The fourth-order valence-corrected chi connectivity index (χ4v) is 6.36. The van der Waals surface area contributed by atoms with Gasteiger partial charge in [-0.3, -0.25) is 9.10 Å². The Labute approximate surface area is 184 Å². The second-order valence-corrected chi connectivity index (χ2v) is 11.5. The number of rotatable bonds is 9. The van der Waals surface area contributed by atoms with Gasteiger partial charge in [-0.25, -0.2) is 8.42 Å². The van der Waals surface area contributed by atoms with Gasteiger partial charge in [0, 0.05) is 25.3 Å². The Morgan fingerprint density at radius 2 is 2.27 bits per heavy atom. The molecular formula is C19H24N4O4S3. The highest BCUT2D eigenvalue weighted by Gasteiger charge is 2.28. The predicted octanol–water partition coefficient (Wildman–Crippen LogP) is 2.82. The number of nitrogens with zero attached hydrogens (tertiary/aromatic N) is 3. The summed E-state index contributed by atoms with van der Waals surface area (Å²) in [6.45, 7) is 3.61. The van der Waals surface area contributed by atoms with Crippen molar-refractivity contribution in [2.75, 3.05) is 40.8 Å². The molecule has 11 heteroatoms. The van der Waals surface area contributed by atoms with Gasteiger partial charge in [0.25, 0.3) is 0 Å². The number of thioether (sulfide) groups is 1. The van der Waals surface area contributed by atoms with Crippen LogP contribution in [0.3, 0.4) is 0 Å². The van der Waals surface area contributed by atoms with Gasteiger partial charge in [0.05, 0.1) is 23.3 Å². The molecule has 0 bridgehead atoms. The van der Waals surface area contributed by atoms with Crippen LogP contribution in [-0.2, 0) is 21.2 Å². The zero-order valence-electron chi connectivity index (χ0n) is 16.7. The number of benzene rings is 1. The monoisotopic (exact) mass is 468 g/mol. The number of sulfonamides is 1. The molecule has 0 amide bonds. The maximum atomic E-state index is 12.6. The summed E-state index contributed by atoms with van der Waals surface area (Å²) in [7, 11) is -3.28. The molecule has 0 saturated carbocycles. The summed E-state index contributed by atoms with van der Waals surface area (Å²) in [5.41, 5.74) is 2.18. The molecule has 4 rings (SSSR count). The molecule has 0 radical (unpaired) electrons. The van der Waals surface area contributed by atoms with Crippen molar-refractivity contribution in [3.8, 4) is 0 Å². The number of carbonyl (C=O) groups is 1. The van der Waals surface area contributed by atoms with Gasteiger partial charge < -0.3 is 10.1 Å². The molecule has 0 spiro atoms. The predicted molar refractivity (Wildman–Crippen MR) is 119 cm³/mol. The van der Waals surface area contributed by atoms with E-state index in [2.05, 4.69) is 15.5 Å². The summed E-state index contributed by atoms with van der Waals surface area (Å²) < 4.78 is 32.2. The van der Waals surface area contributed by atoms with E-state index < -0.39 is 10.0 Å². The number of hydrogen-bond donors (Lipinski definition) is 1. The normalized spacial score (nSPS) is 18.6. The summed E-state index contributed by atoms with van der Waals surface area (Å²) in [5, 5.41) is 12.2. The Hall–Kier alpha value is -1.69. The smallest absolute Gasteiger partial charge is 0.234 e. The molecule has 1 saturated heterocycles. The first-order chi connectivity index (χ1) is 14.5. The van der Waals surface area contributed by atoms with Crippen molar-refractivity contribution in [1.29, 1.82) is 0 Å². The molecule has 162 valence electrons. The summed E-state index contributed by atoms with van der Waals surface area (Å²) in [5.74, 6) is 0.315. The number of ketones is 1. The van der Waals surface area contributed by atoms with Gasteiger partial charge in [-0.1, -0.05) is 23.1 Å². The minimum Gasteiger partial charge on any atom is -0.376 e. The van der Waals surface area contributed by atoms with E-state index in [0.29, 0.717) is 24.2 Å². The van der Waals surface area contributed by atoms with Crippen molar-refractivity contribution in [3.05, 3.63) is 29.3 Å². The van der Waals surface area contributed by atoms with Crippen molar-refractivity contribution in [2.24, 2.45) is 0 Å². The van der Waals surface area contributed by atoms with Crippen LogP contribution in [0.25, 0.3) is 0 Å².